The molecule has 0 spiro atoms. The third-order valence-electron chi connectivity index (χ3n) is 3.38. The van der Waals surface area contributed by atoms with Crippen LogP contribution in [0.4, 0.5) is 4.39 Å². The summed E-state index contributed by atoms with van der Waals surface area (Å²) in [5.74, 6) is -0.215. The summed E-state index contributed by atoms with van der Waals surface area (Å²) in [6.45, 7) is 5.10. The number of benzene rings is 2. The molecule has 0 radical (unpaired) electrons. The fourth-order valence-electron chi connectivity index (χ4n) is 2.26. The lowest BCUT2D eigenvalue weighted by Crippen LogP contribution is -2.21. The largest absolute Gasteiger partial charge is 0.310 e. The minimum atomic E-state index is -0.215. The molecule has 106 valence electrons. The van der Waals surface area contributed by atoms with Crippen molar-refractivity contribution >= 4 is 15.9 Å². The van der Waals surface area contributed by atoms with Gasteiger partial charge >= 0.3 is 0 Å². The van der Waals surface area contributed by atoms with Crippen molar-refractivity contribution in [2.24, 2.45) is 0 Å². The lowest BCUT2D eigenvalue weighted by atomic mass is 10.1. The molecule has 0 aliphatic carbocycles. The van der Waals surface area contributed by atoms with Gasteiger partial charge in [-0.3, -0.25) is 0 Å². The van der Waals surface area contributed by atoms with Crippen molar-refractivity contribution in [2.75, 3.05) is 6.54 Å². The van der Waals surface area contributed by atoms with Gasteiger partial charge in [0.2, 0.25) is 0 Å². The van der Waals surface area contributed by atoms with Crippen LogP contribution < -0.4 is 5.32 Å². The van der Waals surface area contributed by atoms with E-state index in [2.05, 4.69) is 59.4 Å². The maximum Gasteiger partial charge on any atom is 0.124 e. The molecular formula is C17H19BrFN. The summed E-state index contributed by atoms with van der Waals surface area (Å²) in [7, 11) is 0. The van der Waals surface area contributed by atoms with Crippen molar-refractivity contribution in [2.45, 2.75) is 26.3 Å². The maximum atomic E-state index is 13.1. The van der Waals surface area contributed by atoms with Gasteiger partial charge in [-0.15, -0.1) is 0 Å². The summed E-state index contributed by atoms with van der Waals surface area (Å²) < 4.78 is 13.9. The van der Waals surface area contributed by atoms with Crippen LogP contribution in [0.5, 0.6) is 0 Å². The zero-order valence-electron chi connectivity index (χ0n) is 11.8. The number of aryl methyl sites for hydroxylation is 1. The molecule has 0 saturated carbocycles. The maximum absolute atomic E-state index is 13.1. The van der Waals surface area contributed by atoms with E-state index in [4.69, 9.17) is 0 Å². The molecule has 2 aromatic rings. The first-order valence-electron chi connectivity index (χ1n) is 6.80. The fourth-order valence-corrected chi connectivity index (χ4v) is 2.96. The number of rotatable bonds is 5. The Bertz CT molecular complexity index is 583. The molecule has 1 N–H and O–H groups in total. The molecule has 0 amide bonds. The highest BCUT2D eigenvalue weighted by Crippen LogP contribution is 2.24. The zero-order chi connectivity index (χ0) is 14.5. The predicted octanol–water partition coefficient (Wildman–Crippen LogP) is 4.79. The second-order valence-electron chi connectivity index (χ2n) is 5.08. The van der Waals surface area contributed by atoms with E-state index < -0.39 is 0 Å². The average molecular weight is 336 g/mol. The topological polar surface area (TPSA) is 12.0 Å². The lowest BCUT2D eigenvalue weighted by Gasteiger charge is -2.16. The summed E-state index contributed by atoms with van der Waals surface area (Å²) in [4.78, 5) is 0. The number of hydrogen-bond donors (Lipinski definition) is 1. The van der Waals surface area contributed by atoms with Crippen molar-refractivity contribution in [1.29, 1.82) is 0 Å². The first-order valence-corrected chi connectivity index (χ1v) is 7.59. The Hall–Kier alpha value is -1.19. The third kappa shape index (κ3) is 4.15. The van der Waals surface area contributed by atoms with E-state index in [9.17, 15) is 4.39 Å². The fraction of sp³-hybridized carbons (Fsp3) is 0.294. The van der Waals surface area contributed by atoms with Crippen LogP contribution in [0.3, 0.4) is 0 Å². The highest BCUT2D eigenvalue weighted by atomic mass is 79.9. The molecule has 0 fully saturated rings. The quantitative estimate of drug-likeness (QED) is 0.828. The Kier molecular flexibility index (Phi) is 5.32. The zero-order valence-corrected chi connectivity index (χ0v) is 13.4. The Morgan fingerprint density at radius 1 is 1.20 bits per heavy atom. The second kappa shape index (κ2) is 7.00. The van der Waals surface area contributed by atoms with Gasteiger partial charge < -0.3 is 5.32 Å². The van der Waals surface area contributed by atoms with Gasteiger partial charge in [-0.2, -0.15) is 0 Å². The Balaban J connectivity index is 1.90. The Morgan fingerprint density at radius 3 is 2.70 bits per heavy atom. The average Bonchev–Trinajstić information content (AvgIpc) is 2.38. The molecule has 0 saturated heterocycles. The van der Waals surface area contributed by atoms with Crippen LogP contribution in [0.1, 0.15) is 29.7 Å². The molecule has 20 heavy (non-hydrogen) atoms. The molecule has 0 heterocycles. The smallest absolute Gasteiger partial charge is 0.124 e. The van der Waals surface area contributed by atoms with Gasteiger partial charge in [0.15, 0.2) is 0 Å². The first-order chi connectivity index (χ1) is 9.56. The molecule has 3 heteroatoms. The lowest BCUT2D eigenvalue weighted by molar-refractivity contribution is 0.571. The number of halogens is 2. The molecule has 0 aliphatic rings. The van der Waals surface area contributed by atoms with E-state index in [0.29, 0.717) is 0 Å². The highest BCUT2D eigenvalue weighted by Gasteiger charge is 2.09. The molecule has 0 aliphatic heterocycles. The van der Waals surface area contributed by atoms with Gasteiger partial charge in [0, 0.05) is 10.5 Å². The molecule has 1 nitrogen and oxygen atoms in total. The van der Waals surface area contributed by atoms with E-state index in [1.807, 2.05) is 6.07 Å². The van der Waals surface area contributed by atoms with E-state index >= 15 is 0 Å². The Labute approximate surface area is 128 Å². The molecular weight excluding hydrogens is 317 g/mol. The Morgan fingerprint density at radius 2 is 2.00 bits per heavy atom. The van der Waals surface area contributed by atoms with Gasteiger partial charge in [-0.05, 0) is 50.1 Å². The summed E-state index contributed by atoms with van der Waals surface area (Å²) in [6, 6.07) is 13.6. The summed E-state index contributed by atoms with van der Waals surface area (Å²) in [5.41, 5.74) is 3.70. The summed E-state index contributed by atoms with van der Waals surface area (Å²) in [6.07, 6.45) is 0.991. The molecule has 0 bridgehead atoms. The van der Waals surface area contributed by atoms with Crippen molar-refractivity contribution in [3.8, 4) is 0 Å². The number of hydrogen-bond acceptors (Lipinski definition) is 1. The van der Waals surface area contributed by atoms with E-state index in [1.54, 1.807) is 0 Å². The van der Waals surface area contributed by atoms with Crippen LogP contribution in [-0.4, -0.2) is 6.54 Å². The van der Waals surface area contributed by atoms with Crippen molar-refractivity contribution in [3.05, 3.63) is 69.4 Å². The van der Waals surface area contributed by atoms with Crippen LogP contribution in [0.2, 0.25) is 0 Å². The van der Waals surface area contributed by atoms with Gasteiger partial charge in [-0.1, -0.05) is 51.8 Å². The molecule has 1 atom stereocenters. The van der Waals surface area contributed by atoms with Crippen molar-refractivity contribution in [3.63, 3.8) is 0 Å². The highest BCUT2D eigenvalue weighted by molar-refractivity contribution is 9.10. The number of nitrogens with one attached hydrogen (secondary N) is 1. The predicted molar refractivity (Wildman–Crippen MR) is 85.4 cm³/mol. The monoisotopic (exact) mass is 335 g/mol. The molecule has 1 unspecified atom stereocenters. The van der Waals surface area contributed by atoms with Gasteiger partial charge in [0.1, 0.15) is 5.82 Å². The van der Waals surface area contributed by atoms with Crippen molar-refractivity contribution in [1.82, 2.24) is 5.32 Å². The van der Waals surface area contributed by atoms with E-state index in [1.165, 1.54) is 23.3 Å². The normalized spacial score (nSPS) is 12.4. The molecule has 0 aromatic heterocycles. The summed E-state index contributed by atoms with van der Waals surface area (Å²) >= 11 is 3.41. The minimum Gasteiger partial charge on any atom is -0.310 e. The first kappa shape index (κ1) is 15.2. The minimum absolute atomic E-state index is 0.190. The van der Waals surface area contributed by atoms with Crippen LogP contribution in [-0.2, 0) is 6.42 Å². The van der Waals surface area contributed by atoms with Gasteiger partial charge in [-0.25, -0.2) is 4.39 Å². The van der Waals surface area contributed by atoms with E-state index in [0.717, 1.165) is 23.0 Å². The third-order valence-corrected chi connectivity index (χ3v) is 4.06. The SMILES string of the molecule is Cc1cccc(CCNC(C)c2ccc(F)cc2Br)c1. The van der Waals surface area contributed by atoms with Crippen LogP contribution in [0.25, 0.3) is 0 Å². The van der Waals surface area contributed by atoms with Gasteiger partial charge in [0.05, 0.1) is 0 Å². The van der Waals surface area contributed by atoms with Crippen LogP contribution in [0.15, 0.2) is 46.9 Å². The van der Waals surface area contributed by atoms with Crippen LogP contribution in [0, 0.1) is 12.7 Å². The second-order valence-corrected chi connectivity index (χ2v) is 5.94. The summed E-state index contributed by atoms with van der Waals surface area (Å²) in [5, 5.41) is 3.47. The molecule has 2 aromatic carbocycles. The van der Waals surface area contributed by atoms with Crippen molar-refractivity contribution < 1.29 is 4.39 Å². The molecule has 2 rings (SSSR count). The van der Waals surface area contributed by atoms with Gasteiger partial charge in [0.25, 0.3) is 0 Å². The standard InChI is InChI=1S/C17H19BrFN/c1-12-4-3-5-14(10-12)8-9-20-13(2)16-7-6-15(19)11-17(16)18/h3-7,10-11,13,20H,8-9H2,1-2H3. The van der Waals surface area contributed by atoms with E-state index in [-0.39, 0.29) is 11.9 Å². The van der Waals surface area contributed by atoms with Crippen LogP contribution >= 0.6 is 15.9 Å².